The summed E-state index contributed by atoms with van der Waals surface area (Å²) in [5, 5.41) is 0.923. The summed E-state index contributed by atoms with van der Waals surface area (Å²) >= 11 is 0. The molecular formula is C38H61N7O5. The maximum atomic E-state index is 13.5. The van der Waals surface area contributed by atoms with Gasteiger partial charge in [0.25, 0.3) is 0 Å². The number of nitrogen functional groups attached to an aromatic ring is 1. The van der Waals surface area contributed by atoms with Crippen LogP contribution in [0, 0.1) is 5.92 Å². The van der Waals surface area contributed by atoms with Crippen molar-refractivity contribution < 1.29 is 23.9 Å². The molecule has 4 rings (SSSR count). The first kappa shape index (κ1) is 39.0. The highest BCUT2D eigenvalue weighted by atomic mass is 16.6. The molecule has 1 saturated carbocycles. The molecule has 2 N–H and O–H groups in total. The van der Waals surface area contributed by atoms with Gasteiger partial charge in [0.1, 0.15) is 29.0 Å². The largest absolute Gasteiger partial charge is 0.444 e. The summed E-state index contributed by atoms with van der Waals surface area (Å²) < 4.78 is 13.9. The SMILES string of the molecule is C/C=C(\C)CCN(CCCN(C[C@@H]1CC[C@H](n2cc(C3CCN(C(C)=O)CC3)c3c(N)ncnc32)C1)C(=O)OC(C)(C)C)C(=O)OC(C)(C)C. The number of carbonyl (C=O) groups excluding carboxylic acids is 3. The topological polar surface area (TPSA) is 136 Å². The summed E-state index contributed by atoms with van der Waals surface area (Å²) in [6, 6.07) is 0.209. The molecule has 1 aliphatic heterocycles. The lowest BCUT2D eigenvalue weighted by atomic mass is 9.89. The number of rotatable bonds is 11. The molecule has 0 bridgehead atoms. The molecule has 2 aromatic heterocycles. The molecule has 2 aromatic rings. The number of amides is 3. The second-order valence-electron chi connectivity index (χ2n) is 16.2. The van der Waals surface area contributed by atoms with E-state index in [1.807, 2.05) is 58.3 Å². The van der Waals surface area contributed by atoms with E-state index in [4.69, 9.17) is 20.2 Å². The quantitative estimate of drug-likeness (QED) is 0.242. The molecule has 3 heterocycles. The summed E-state index contributed by atoms with van der Waals surface area (Å²) in [7, 11) is 0. The molecule has 0 aromatic carbocycles. The van der Waals surface area contributed by atoms with Crippen LogP contribution < -0.4 is 5.73 Å². The maximum absolute atomic E-state index is 13.5. The molecular weight excluding hydrogens is 634 g/mol. The van der Waals surface area contributed by atoms with Crippen LogP contribution in [-0.2, 0) is 14.3 Å². The third-order valence-electron chi connectivity index (χ3n) is 9.86. The molecule has 2 atom stereocenters. The van der Waals surface area contributed by atoms with Crippen LogP contribution in [0.15, 0.2) is 24.2 Å². The lowest BCUT2D eigenvalue weighted by molar-refractivity contribution is -0.129. The van der Waals surface area contributed by atoms with E-state index in [-0.39, 0.29) is 36.0 Å². The Kier molecular flexibility index (Phi) is 12.8. The number of likely N-dealkylation sites (tertiary alicyclic amines) is 1. The predicted molar refractivity (Wildman–Crippen MR) is 197 cm³/mol. The zero-order valence-corrected chi connectivity index (χ0v) is 32.0. The van der Waals surface area contributed by atoms with Gasteiger partial charge in [-0.1, -0.05) is 11.6 Å². The summed E-state index contributed by atoms with van der Waals surface area (Å²) in [5.74, 6) is 1.16. The van der Waals surface area contributed by atoms with Crippen molar-refractivity contribution in [3.63, 3.8) is 0 Å². The molecule has 0 spiro atoms. The number of carbonyl (C=O) groups is 3. The predicted octanol–water partition coefficient (Wildman–Crippen LogP) is 7.30. The number of anilines is 1. The summed E-state index contributed by atoms with van der Waals surface area (Å²) in [6.07, 6.45) is 11.1. The Morgan fingerprint density at radius 1 is 0.920 bits per heavy atom. The lowest BCUT2D eigenvalue weighted by Gasteiger charge is -2.31. The molecule has 50 heavy (non-hydrogen) atoms. The Morgan fingerprint density at radius 2 is 1.54 bits per heavy atom. The van der Waals surface area contributed by atoms with E-state index < -0.39 is 11.2 Å². The smallest absolute Gasteiger partial charge is 0.410 e. The van der Waals surface area contributed by atoms with Crippen LogP contribution in [0.3, 0.4) is 0 Å². The molecule has 12 nitrogen and oxygen atoms in total. The normalized spacial score (nSPS) is 19.1. The van der Waals surface area contributed by atoms with Gasteiger partial charge in [-0.3, -0.25) is 4.79 Å². The fourth-order valence-electron chi connectivity index (χ4n) is 7.12. The van der Waals surface area contributed by atoms with Crippen LogP contribution >= 0.6 is 0 Å². The number of aromatic nitrogens is 3. The zero-order valence-electron chi connectivity index (χ0n) is 32.0. The number of allylic oxidation sites excluding steroid dienone is 1. The number of hydrogen-bond donors (Lipinski definition) is 1. The second-order valence-corrected chi connectivity index (χ2v) is 16.2. The molecule has 0 radical (unpaired) electrons. The second kappa shape index (κ2) is 16.5. The fourth-order valence-corrected chi connectivity index (χ4v) is 7.12. The Labute approximate surface area is 298 Å². The van der Waals surface area contributed by atoms with Gasteiger partial charge in [-0.25, -0.2) is 19.6 Å². The number of ether oxygens (including phenoxy) is 2. The fraction of sp³-hybridized carbons (Fsp3) is 0.711. The first-order valence-corrected chi connectivity index (χ1v) is 18.4. The third-order valence-corrected chi connectivity index (χ3v) is 9.86. The number of nitrogens with zero attached hydrogens (tertiary/aromatic N) is 6. The van der Waals surface area contributed by atoms with E-state index in [0.717, 1.165) is 62.6 Å². The molecule has 1 saturated heterocycles. The van der Waals surface area contributed by atoms with Crippen molar-refractivity contribution in [3.8, 4) is 0 Å². The van der Waals surface area contributed by atoms with Crippen molar-refractivity contribution in [2.45, 2.75) is 130 Å². The van der Waals surface area contributed by atoms with Crippen molar-refractivity contribution in [1.29, 1.82) is 0 Å². The molecule has 1 aliphatic carbocycles. The van der Waals surface area contributed by atoms with Crippen LogP contribution in [-0.4, -0.2) is 97.8 Å². The van der Waals surface area contributed by atoms with E-state index in [0.29, 0.717) is 38.4 Å². The minimum absolute atomic E-state index is 0.117. The van der Waals surface area contributed by atoms with Crippen LogP contribution in [0.1, 0.15) is 125 Å². The lowest BCUT2D eigenvalue weighted by Crippen LogP contribution is -2.42. The van der Waals surface area contributed by atoms with E-state index in [2.05, 4.69) is 28.7 Å². The summed E-state index contributed by atoms with van der Waals surface area (Å²) in [4.78, 5) is 53.1. The van der Waals surface area contributed by atoms with Crippen molar-refractivity contribution >= 4 is 34.9 Å². The Balaban J connectivity index is 1.47. The molecule has 2 aliphatic rings. The van der Waals surface area contributed by atoms with Crippen molar-refractivity contribution in [3.05, 3.63) is 29.7 Å². The first-order chi connectivity index (χ1) is 23.5. The van der Waals surface area contributed by atoms with Crippen molar-refractivity contribution in [2.24, 2.45) is 5.92 Å². The van der Waals surface area contributed by atoms with Gasteiger partial charge in [-0.05, 0) is 118 Å². The van der Waals surface area contributed by atoms with Gasteiger partial charge in [-0.15, -0.1) is 0 Å². The van der Waals surface area contributed by atoms with E-state index in [1.165, 1.54) is 17.5 Å². The first-order valence-electron chi connectivity index (χ1n) is 18.4. The molecule has 12 heteroatoms. The van der Waals surface area contributed by atoms with Crippen molar-refractivity contribution in [2.75, 3.05) is 45.0 Å². The van der Waals surface area contributed by atoms with Crippen LogP contribution in [0.25, 0.3) is 11.0 Å². The monoisotopic (exact) mass is 695 g/mol. The Morgan fingerprint density at radius 3 is 2.14 bits per heavy atom. The van der Waals surface area contributed by atoms with Gasteiger partial charge in [0.05, 0.1) is 5.39 Å². The number of hydrogen-bond acceptors (Lipinski definition) is 8. The van der Waals surface area contributed by atoms with Crippen molar-refractivity contribution in [1.82, 2.24) is 29.2 Å². The van der Waals surface area contributed by atoms with E-state index in [9.17, 15) is 14.4 Å². The average molecular weight is 696 g/mol. The van der Waals surface area contributed by atoms with Crippen LogP contribution in [0.2, 0.25) is 0 Å². The minimum atomic E-state index is -0.624. The van der Waals surface area contributed by atoms with Gasteiger partial charge in [-0.2, -0.15) is 0 Å². The molecule has 0 unspecified atom stereocenters. The number of fused-ring (bicyclic) bond motifs is 1. The Hall–Kier alpha value is -3.83. The van der Waals surface area contributed by atoms with Gasteiger partial charge >= 0.3 is 12.2 Å². The minimum Gasteiger partial charge on any atom is -0.444 e. The molecule has 278 valence electrons. The average Bonchev–Trinajstić information content (AvgIpc) is 3.65. The molecule has 2 fully saturated rings. The number of nitrogens with two attached hydrogens (primary N) is 1. The highest BCUT2D eigenvalue weighted by Gasteiger charge is 2.34. The van der Waals surface area contributed by atoms with E-state index >= 15 is 0 Å². The standard InChI is InChI=1S/C38H61N7O5/c1-10-26(2)14-19-43(35(47)49-37(4,5)6)17-11-18-44(36(48)50-38(7,8)9)23-28-12-13-30(22-28)45-24-31(32-33(39)40-25-41-34(32)45)29-15-20-42(21-16-29)27(3)46/h10,24-25,28-30H,11-23H2,1-9H3,(H2,39,40,41)/b26-10+/t28-,30+/m1/s1. The molecule has 3 amide bonds. The van der Waals surface area contributed by atoms with Crippen LogP contribution in [0.4, 0.5) is 15.4 Å². The third kappa shape index (κ3) is 10.6. The summed E-state index contributed by atoms with van der Waals surface area (Å²) in [6.45, 7) is 20.5. The van der Waals surface area contributed by atoms with Crippen LogP contribution in [0.5, 0.6) is 0 Å². The van der Waals surface area contributed by atoms with Gasteiger partial charge in [0.2, 0.25) is 5.91 Å². The van der Waals surface area contributed by atoms with Gasteiger partial charge in [0.15, 0.2) is 0 Å². The highest BCUT2D eigenvalue weighted by molar-refractivity contribution is 5.90. The van der Waals surface area contributed by atoms with Gasteiger partial charge in [0, 0.05) is 58.4 Å². The zero-order chi connectivity index (χ0) is 36.8. The Bertz CT molecular complexity index is 1510. The maximum Gasteiger partial charge on any atom is 0.410 e. The summed E-state index contributed by atoms with van der Waals surface area (Å²) in [5.41, 5.74) is 8.47. The highest BCUT2D eigenvalue weighted by Crippen LogP contribution is 2.42. The van der Waals surface area contributed by atoms with E-state index in [1.54, 1.807) is 11.8 Å². The van der Waals surface area contributed by atoms with Gasteiger partial charge < -0.3 is 34.5 Å². The number of piperidine rings is 1.